The second-order valence-corrected chi connectivity index (χ2v) is 6.17. The molecule has 0 aliphatic heterocycles. The summed E-state index contributed by atoms with van der Waals surface area (Å²) in [5.41, 5.74) is 1.28. The van der Waals surface area contributed by atoms with Crippen LogP contribution in [-0.4, -0.2) is 10.5 Å². The van der Waals surface area contributed by atoms with Crippen molar-refractivity contribution < 1.29 is 4.74 Å². The minimum absolute atomic E-state index is 0.240. The first kappa shape index (κ1) is 12.8. The molecule has 1 saturated carbocycles. The summed E-state index contributed by atoms with van der Waals surface area (Å²) in [6.45, 7) is 2.20. The topological polar surface area (TPSA) is 9.23 Å². The van der Waals surface area contributed by atoms with Crippen molar-refractivity contribution in [2.75, 3.05) is 4.43 Å². The van der Waals surface area contributed by atoms with E-state index in [0.29, 0.717) is 6.10 Å². The lowest BCUT2D eigenvalue weighted by atomic mass is 10.1. The number of ether oxygens (including phenoxy) is 1. The van der Waals surface area contributed by atoms with Gasteiger partial charge in [0.25, 0.3) is 0 Å². The second-order valence-electron chi connectivity index (χ2n) is 4.37. The third kappa shape index (κ3) is 3.44. The third-order valence-corrected chi connectivity index (χ3v) is 4.38. The number of hydrogen-bond acceptors (Lipinski definition) is 1. The molecule has 1 aliphatic carbocycles. The van der Waals surface area contributed by atoms with Gasteiger partial charge in [-0.1, -0.05) is 50.7 Å². The fraction of sp³-hybridized carbons (Fsp3) is 0.538. The highest BCUT2D eigenvalue weighted by molar-refractivity contribution is 14.1. The van der Waals surface area contributed by atoms with Gasteiger partial charge >= 0.3 is 0 Å². The van der Waals surface area contributed by atoms with Gasteiger partial charge in [-0.2, -0.15) is 0 Å². The maximum absolute atomic E-state index is 6.13. The SMILES string of the molecule is CC(OC(CI)c1ccc(Br)cc1)C1CC1. The molecule has 0 spiro atoms. The molecule has 0 heterocycles. The zero-order valence-electron chi connectivity index (χ0n) is 9.33. The molecule has 88 valence electrons. The van der Waals surface area contributed by atoms with E-state index in [1.165, 1.54) is 18.4 Å². The molecule has 2 atom stereocenters. The van der Waals surface area contributed by atoms with Gasteiger partial charge in [0.1, 0.15) is 0 Å². The van der Waals surface area contributed by atoms with E-state index in [-0.39, 0.29) is 6.10 Å². The molecule has 0 N–H and O–H groups in total. The number of rotatable bonds is 5. The van der Waals surface area contributed by atoms with Crippen molar-refractivity contribution in [2.24, 2.45) is 5.92 Å². The molecule has 1 aromatic carbocycles. The van der Waals surface area contributed by atoms with Crippen molar-refractivity contribution in [3.63, 3.8) is 0 Å². The average molecular weight is 395 g/mol. The molecule has 1 nitrogen and oxygen atoms in total. The van der Waals surface area contributed by atoms with Crippen LogP contribution in [0.5, 0.6) is 0 Å². The maximum atomic E-state index is 6.13. The standard InChI is InChI=1S/C13H16BrIO/c1-9(10-2-3-10)16-13(8-15)11-4-6-12(14)7-5-11/h4-7,9-10,13H,2-3,8H2,1H3. The minimum atomic E-state index is 0.240. The lowest BCUT2D eigenvalue weighted by Crippen LogP contribution is -2.16. The molecule has 3 heteroatoms. The number of halogens is 2. The highest BCUT2D eigenvalue weighted by Gasteiger charge is 2.30. The van der Waals surface area contributed by atoms with E-state index in [0.717, 1.165) is 14.8 Å². The van der Waals surface area contributed by atoms with E-state index in [2.05, 4.69) is 69.7 Å². The van der Waals surface area contributed by atoms with Crippen molar-refractivity contribution >= 4 is 38.5 Å². The zero-order valence-corrected chi connectivity index (χ0v) is 13.1. The summed E-state index contributed by atoms with van der Waals surface area (Å²) in [7, 11) is 0. The van der Waals surface area contributed by atoms with Crippen LogP contribution in [0.4, 0.5) is 0 Å². The van der Waals surface area contributed by atoms with E-state index in [1.807, 2.05) is 0 Å². The first-order valence-corrected chi connectivity index (χ1v) is 7.99. The largest absolute Gasteiger partial charge is 0.369 e. The second kappa shape index (κ2) is 5.83. The van der Waals surface area contributed by atoms with Gasteiger partial charge in [-0.15, -0.1) is 0 Å². The van der Waals surface area contributed by atoms with Crippen molar-refractivity contribution in [1.82, 2.24) is 0 Å². The Bertz CT molecular complexity index is 334. The summed E-state index contributed by atoms with van der Waals surface area (Å²) in [5.74, 6) is 0.806. The van der Waals surface area contributed by atoms with Crippen LogP contribution in [0.1, 0.15) is 31.4 Å². The normalized spacial score (nSPS) is 19.4. The van der Waals surface area contributed by atoms with Gasteiger partial charge in [0.05, 0.1) is 12.2 Å². The van der Waals surface area contributed by atoms with E-state index < -0.39 is 0 Å². The Kier molecular flexibility index (Phi) is 4.67. The Morgan fingerprint density at radius 3 is 2.50 bits per heavy atom. The van der Waals surface area contributed by atoms with Crippen LogP contribution < -0.4 is 0 Å². The van der Waals surface area contributed by atoms with Gasteiger partial charge < -0.3 is 4.74 Å². The number of hydrogen-bond donors (Lipinski definition) is 0. The average Bonchev–Trinajstić information content (AvgIpc) is 3.11. The molecule has 2 unspecified atom stereocenters. The van der Waals surface area contributed by atoms with Gasteiger partial charge in [0.15, 0.2) is 0 Å². The smallest absolute Gasteiger partial charge is 0.0918 e. The Hall–Kier alpha value is 0.390. The summed E-state index contributed by atoms with van der Waals surface area (Å²) >= 11 is 5.86. The van der Waals surface area contributed by atoms with Crippen LogP contribution in [-0.2, 0) is 4.74 Å². The molecular formula is C13H16BrIO. The van der Waals surface area contributed by atoms with Crippen LogP contribution in [0.15, 0.2) is 28.7 Å². The van der Waals surface area contributed by atoms with Crippen LogP contribution >= 0.6 is 38.5 Å². The van der Waals surface area contributed by atoms with Gasteiger partial charge in [-0.05, 0) is 43.4 Å². The predicted molar refractivity (Wildman–Crippen MR) is 79.0 cm³/mol. The third-order valence-electron chi connectivity index (χ3n) is 3.05. The summed E-state index contributed by atoms with van der Waals surface area (Å²) < 4.78 is 8.26. The van der Waals surface area contributed by atoms with E-state index in [9.17, 15) is 0 Å². The molecule has 16 heavy (non-hydrogen) atoms. The predicted octanol–water partition coefficient (Wildman–Crippen LogP) is 4.74. The summed E-state index contributed by atoms with van der Waals surface area (Å²) in [5, 5.41) is 0. The van der Waals surface area contributed by atoms with Crippen LogP contribution in [0.3, 0.4) is 0 Å². The first-order chi connectivity index (χ1) is 7.70. The highest BCUT2D eigenvalue weighted by atomic mass is 127. The Balaban J connectivity index is 2.00. The molecule has 0 aromatic heterocycles. The Labute approximate surface area is 119 Å². The Morgan fingerprint density at radius 1 is 1.38 bits per heavy atom. The van der Waals surface area contributed by atoms with Crippen LogP contribution in [0, 0.1) is 5.92 Å². The van der Waals surface area contributed by atoms with Gasteiger partial charge in [0.2, 0.25) is 0 Å². The minimum Gasteiger partial charge on any atom is -0.369 e. The van der Waals surface area contributed by atoms with Crippen molar-refractivity contribution in [3.8, 4) is 0 Å². The van der Waals surface area contributed by atoms with Gasteiger partial charge in [-0.25, -0.2) is 0 Å². The lowest BCUT2D eigenvalue weighted by molar-refractivity contribution is -0.000624. The zero-order chi connectivity index (χ0) is 11.5. The fourth-order valence-corrected chi connectivity index (χ4v) is 2.80. The van der Waals surface area contributed by atoms with Crippen molar-refractivity contribution in [2.45, 2.75) is 32.0 Å². The molecule has 0 amide bonds. The highest BCUT2D eigenvalue weighted by Crippen LogP contribution is 2.36. The first-order valence-electron chi connectivity index (χ1n) is 5.67. The summed E-state index contributed by atoms with van der Waals surface area (Å²) in [4.78, 5) is 0. The Morgan fingerprint density at radius 2 is 2.00 bits per heavy atom. The van der Waals surface area contributed by atoms with E-state index in [1.54, 1.807) is 0 Å². The number of alkyl halides is 1. The summed E-state index contributed by atoms with van der Waals surface area (Å²) in [6.07, 6.45) is 3.33. The lowest BCUT2D eigenvalue weighted by Gasteiger charge is -2.21. The van der Waals surface area contributed by atoms with Crippen LogP contribution in [0.25, 0.3) is 0 Å². The van der Waals surface area contributed by atoms with E-state index in [4.69, 9.17) is 4.74 Å². The van der Waals surface area contributed by atoms with E-state index >= 15 is 0 Å². The van der Waals surface area contributed by atoms with Crippen LogP contribution in [0.2, 0.25) is 0 Å². The van der Waals surface area contributed by atoms with Gasteiger partial charge in [-0.3, -0.25) is 0 Å². The maximum Gasteiger partial charge on any atom is 0.0918 e. The van der Waals surface area contributed by atoms with Crippen molar-refractivity contribution in [1.29, 1.82) is 0 Å². The molecule has 0 bridgehead atoms. The summed E-state index contributed by atoms with van der Waals surface area (Å²) in [6, 6.07) is 8.46. The van der Waals surface area contributed by atoms with Crippen molar-refractivity contribution in [3.05, 3.63) is 34.3 Å². The quantitative estimate of drug-likeness (QED) is 0.517. The molecule has 1 fully saturated rings. The molecule has 1 aliphatic rings. The molecule has 2 rings (SSSR count). The molecular weight excluding hydrogens is 379 g/mol. The molecule has 1 aromatic rings. The van der Waals surface area contributed by atoms with Gasteiger partial charge in [0, 0.05) is 8.90 Å². The molecule has 0 saturated heterocycles. The molecule has 0 radical (unpaired) electrons. The fourth-order valence-electron chi connectivity index (χ4n) is 1.82. The monoisotopic (exact) mass is 394 g/mol. The number of benzene rings is 1.